The third-order valence-corrected chi connectivity index (χ3v) is 6.18. The summed E-state index contributed by atoms with van der Waals surface area (Å²) in [5.41, 5.74) is 1.33. The van der Waals surface area contributed by atoms with Crippen molar-refractivity contribution >= 4 is 29.9 Å². The van der Waals surface area contributed by atoms with Crippen LogP contribution in [0.1, 0.15) is 44.2 Å². The Morgan fingerprint density at radius 2 is 1.86 bits per heavy atom. The summed E-state index contributed by atoms with van der Waals surface area (Å²) in [5.74, 6) is 1.81. The summed E-state index contributed by atoms with van der Waals surface area (Å²) in [4.78, 5) is 9.60. The Kier molecular flexibility index (Phi) is 10.5. The summed E-state index contributed by atoms with van der Waals surface area (Å²) < 4.78 is 5.33. The van der Waals surface area contributed by atoms with Gasteiger partial charge >= 0.3 is 0 Å². The Labute approximate surface area is 193 Å². The van der Waals surface area contributed by atoms with Gasteiger partial charge in [-0.05, 0) is 69.6 Å². The number of nitrogens with one attached hydrogen (secondary N) is 2. The fraction of sp³-hybridized carbons (Fsp3) is 0.682. The van der Waals surface area contributed by atoms with E-state index in [4.69, 9.17) is 4.74 Å². The van der Waals surface area contributed by atoms with E-state index in [2.05, 4.69) is 56.6 Å². The van der Waals surface area contributed by atoms with Crippen LogP contribution in [-0.4, -0.2) is 75.2 Å². The number of nitrogens with zero attached hydrogens (tertiary/aromatic N) is 3. The lowest BCUT2D eigenvalue weighted by Gasteiger charge is -2.29. The fourth-order valence-electron chi connectivity index (χ4n) is 4.51. The minimum atomic E-state index is 0. The molecule has 2 saturated heterocycles. The van der Waals surface area contributed by atoms with Crippen LogP contribution in [0, 0.1) is 0 Å². The van der Waals surface area contributed by atoms with Crippen LogP contribution in [0.2, 0.25) is 0 Å². The van der Waals surface area contributed by atoms with Crippen molar-refractivity contribution in [2.75, 3.05) is 53.4 Å². The number of ether oxygens (including phenoxy) is 1. The predicted molar refractivity (Wildman–Crippen MR) is 132 cm³/mol. The molecule has 0 radical (unpaired) electrons. The molecule has 2 heterocycles. The number of aliphatic imine (C=N–C) groups is 1. The number of halogens is 1. The molecule has 1 aromatic carbocycles. The molecule has 2 aliphatic rings. The van der Waals surface area contributed by atoms with Crippen molar-refractivity contribution in [3.63, 3.8) is 0 Å². The second kappa shape index (κ2) is 12.6. The third kappa shape index (κ3) is 6.72. The van der Waals surface area contributed by atoms with Crippen molar-refractivity contribution in [1.82, 2.24) is 20.4 Å². The molecule has 0 saturated carbocycles. The second-order valence-electron chi connectivity index (χ2n) is 7.79. The van der Waals surface area contributed by atoms with Crippen LogP contribution < -0.4 is 15.4 Å². The highest BCUT2D eigenvalue weighted by molar-refractivity contribution is 14.0. The first kappa shape index (κ1) is 24.2. The molecular formula is C22H38IN5O. The molecule has 2 atom stereocenters. The minimum absolute atomic E-state index is 0. The van der Waals surface area contributed by atoms with Gasteiger partial charge in [0.15, 0.2) is 5.96 Å². The van der Waals surface area contributed by atoms with E-state index < -0.39 is 0 Å². The summed E-state index contributed by atoms with van der Waals surface area (Å²) in [5, 5.41) is 7.13. The minimum Gasteiger partial charge on any atom is -0.497 e. The molecule has 1 aromatic rings. The highest BCUT2D eigenvalue weighted by atomic mass is 127. The number of hydrogen-bond acceptors (Lipinski definition) is 4. The van der Waals surface area contributed by atoms with Gasteiger partial charge in [-0.1, -0.05) is 19.1 Å². The standard InChI is InChI=1S/C22H37N5O.HI/c1-4-26-15-7-8-19(26)16-24-22(23-2)25-17-21(27-13-5-6-14-27)18-9-11-20(28-3)12-10-18;/h9-12,19,21H,4-8,13-17H2,1-3H3,(H2,23,24,25);1H. The fourth-order valence-corrected chi connectivity index (χ4v) is 4.51. The largest absolute Gasteiger partial charge is 0.497 e. The van der Waals surface area contributed by atoms with Crippen molar-refractivity contribution in [3.8, 4) is 5.75 Å². The molecule has 2 N–H and O–H groups in total. The number of rotatable bonds is 8. The normalized spacial score (nSPS) is 21.6. The van der Waals surface area contributed by atoms with Gasteiger partial charge in [0, 0.05) is 26.2 Å². The van der Waals surface area contributed by atoms with E-state index in [0.717, 1.165) is 44.4 Å². The van der Waals surface area contributed by atoms with Gasteiger partial charge in [-0.2, -0.15) is 0 Å². The number of likely N-dealkylation sites (N-methyl/N-ethyl adjacent to an activating group) is 1. The zero-order valence-corrected chi connectivity index (χ0v) is 20.5. The average molecular weight is 515 g/mol. The maximum atomic E-state index is 5.33. The summed E-state index contributed by atoms with van der Waals surface area (Å²) in [7, 11) is 3.58. The molecule has 29 heavy (non-hydrogen) atoms. The SMILES string of the molecule is CCN1CCCC1CNC(=NC)NCC(c1ccc(OC)cc1)N1CCCC1.I. The van der Waals surface area contributed by atoms with E-state index in [0.29, 0.717) is 12.1 Å². The summed E-state index contributed by atoms with van der Waals surface area (Å²) in [6, 6.07) is 9.48. The first-order valence-corrected chi connectivity index (χ1v) is 10.8. The summed E-state index contributed by atoms with van der Waals surface area (Å²) in [6.07, 6.45) is 5.16. The number of hydrogen-bond donors (Lipinski definition) is 2. The van der Waals surface area contributed by atoms with Crippen LogP contribution in [0.15, 0.2) is 29.3 Å². The van der Waals surface area contributed by atoms with Crippen molar-refractivity contribution < 1.29 is 4.74 Å². The molecule has 0 spiro atoms. The number of methoxy groups -OCH3 is 1. The van der Waals surface area contributed by atoms with Crippen LogP contribution in [0.25, 0.3) is 0 Å². The van der Waals surface area contributed by atoms with Gasteiger partial charge < -0.3 is 15.4 Å². The quantitative estimate of drug-likeness (QED) is 0.317. The van der Waals surface area contributed by atoms with Crippen molar-refractivity contribution in [3.05, 3.63) is 29.8 Å². The van der Waals surface area contributed by atoms with Gasteiger partial charge in [0.05, 0.1) is 13.2 Å². The van der Waals surface area contributed by atoms with Gasteiger partial charge in [0.1, 0.15) is 5.75 Å². The monoisotopic (exact) mass is 515 g/mol. The topological polar surface area (TPSA) is 52.1 Å². The lowest BCUT2D eigenvalue weighted by Crippen LogP contribution is -2.47. The average Bonchev–Trinajstić information content (AvgIpc) is 3.42. The molecule has 6 nitrogen and oxygen atoms in total. The molecule has 0 bridgehead atoms. The highest BCUT2D eigenvalue weighted by Gasteiger charge is 2.25. The Hall–Kier alpha value is -1.06. The molecule has 164 valence electrons. The maximum Gasteiger partial charge on any atom is 0.191 e. The Balaban J connectivity index is 0.00000300. The molecule has 7 heteroatoms. The number of guanidine groups is 1. The van der Waals surface area contributed by atoms with Gasteiger partial charge in [0.2, 0.25) is 0 Å². The predicted octanol–water partition coefficient (Wildman–Crippen LogP) is 3.10. The lowest BCUT2D eigenvalue weighted by molar-refractivity contribution is 0.244. The van der Waals surface area contributed by atoms with Gasteiger partial charge in [-0.15, -0.1) is 24.0 Å². The molecule has 0 amide bonds. The van der Waals surface area contributed by atoms with E-state index in [9.17, 15) is 0 Å². The smallest absolute Gasteiger partial charge is 0.191 e. The lowest BCUT2D eigenvalue weighted by atomic mass is 10.1. The van der Waals surface area contributed by atoms with E-state index in [1.807, 2.05) is 7.05 Å². The van der Waals surface area contributed by atoms with E-state index in [1.54, 1.807) is 7.11 Å². The molecule has 3 rings (SSSR count). The first-order valence-electron chi connectivity index (χ1n) is 10.8. The molecule has 2 unspecified atom stereocenters. The van der Waals surface area contributed by atoms with E-state index in [-0.39, 0.29) is 24.0 Å². The van der Waals surface area contributed by atoms with Crippen LogP contribution in [0.5, 0.6) is 5.75 Å². The molecule has 0 aliphatic carbocycles. The molecule has 0 aromatic heterocycles. The Morgan fingerprint density at radius 3 is 2.48 bits per heavy atom. The highest BCUT2D eigenvalue weighted by Crippen LogP contribution is 2.26. The third-order valence-electron chi connectivity index (χ3n) is 6.18. The van der Waals surface area contributed by atoms with Crippen LogP contribution in [-0.2, 0) is 0 Å². The van der Waals surface area contributed by atoms with E-state index in [1.165, 1.54) is 37.8 Å². The van der Waals surface area contributed by atoms with Crippen LogP contribution in [0.4, 0.5) is 0 Å². The van der Waals surface area contributed by atoms with Crippen LogP contribution in [0.3, 0.4) is 0 Å². The Morgan fingerprint density at radius 1 is 1.14 bits per heavy atom. The first-order chi connectivity index (χ1) is 13.7. The summed E-state index contributed by atoms with van der Waals surface area (Å²) >= 11 is 0. The van der Waals surface area contributed by atoms with Gasteiger partial charge in [0.25, 0.3) is 0 Å². The molecule has 2 fully saturated rings. The zero-order chi connectivity index (χ0) is 19.8. The molecule has 2 aliphatic heterocycles. The number of likely N-dealkylation sites (tertiary alicyclic amines) is 2. The van der Waals surface area contributed by atoms with Crippen molar-refractivity contribution in [1.29, 1.82) is 0 Å². The zero-order valence-electron chi connectivity index (χ0n) is 18.2. The van der Waals surface area contributed by atoms with Gasteiger partial charge in [-0.25, -0.2) is 0 Å². The van der Waals surface area contributed by atoms with Crippen LogP contribution >= 0.6 is 24.0 Å². The van der Waals surface area contributed by atoms with Crippen molar-refractivity contribution in [2.45, 2.75) is 44.7 Å². The molecular weight excluding hydrogens is 477 g/mol. The number of benzene rings is 1. The van der Waals surface area contributed by atoms with Crippen molar-refractivity contribution in [2.24, 2.45) is 4.99 Å². The van der Waals surface area contributed by atoms with Gasteiger partial charge in [-0.3, -0.25) is 14.8 Å². The maximum absolute atomic E-state index is 5.33. The Bertz CT molecular complexity index is 618. The van der Waals surface area contributed by atoms with E-state index >= 15 is 0 Å². The second-order valence-corrected chi connectivity index (χ2v) is 7.79. The summed E-state index contributed by atoms with van der Waals surface area (Å²) in [6.45, 7) is 8.76.